The maximum atomic E-state index is 13.4. The normalized spacial score (nSPS) is 20.5. The lowest BCUT2D eigenvalue weighted by Gasteiger charge is -2.27. The molecular weight excluding hydrogens is 667 g/mol. The van der Waals surface area contributed by atoms with E-state index in [0.29, 0.717) is 36.8 Å². The van der Waals surface area contributed by atoms with Crippen LogP contribution in [0.2, 0.25) is 0 Å². The molecule has 11 nitrogen and oxygen atoms in total. The van der Waals surface area contributed by atoms with Gasteiger partial charge in [-0.1, -0.05) is 45.5 Å². The fourth-order valence-electron chi connectivity index (χ4n) is 8.90. The van der Waals surface area contributed by atoms with Gasteiger partial charge in [-0.3, -0.25) is 9.59 Å². The second-order valence-electron chi connectivity index (χ2n) is 15.7. The number of H-pyrrole nitrogens is 2. The lowest BCUT2D eigenvalue weighted by Crippen LogP contribution is -2.48. The molecule has 1 spiro atoms. The summed E-state index contributed by atoms with van der Waals surface area (Å²) in [6.45, 7) is 7.41. The molecule has 278 valence electrons. The van der Waals surface area contributed by atoms with Crippen LogP contribution in [0.5, 0.6) is 0 Å². The molecule has 53 heavy (non-hydrogen) atoms. The number of imidazole rings is 2. The van der Waals surface area contributed by atoms with Gasteiger partial charge in [0, 0.05) is 30.6 Å². The van der Waals surface area contributed by atoms with Crippen molar-refractivity contribution in [3.63, 3.8) is 0 Å². The van der Waals surface area contributed by atoms with E-state index in [0.717, 1.165) is 67.7 Å². The standard InChI is InChI=1S/C42H51N7O4/c1-5-34(47-41(52)53-4)40(51)49-21-9-11-36(49)39-44-26-31(46-39)17-15-29-13-12-28(32-23-42(24-33(29)32)18-6-7-19-42)14-16-30-25-43-38(45-30)35-10-8-20-48(35)37(50)22-27(2)3/h12-13,25-27,34-36H,5-11,18-24H2,1-4H3,(H,43,45)(H,44,46)(H,47,52). The highest BCUT2D eigenvalue weighted by Crippen LogP contribution is 2.50. The molecule has 3 fully saturated rings. The molecule has 1 saturated carbocycles. The number of fused-ring (bicyclic) bond motifs is 1. The zero-order valence-electron chi connectivity index (χ0n) is 31.4. The zero-order valence-corrected chi connectivity index (χ0v) is 31.4. The third-order valence-electron chi connectivity index (χ3n) is 11.6. The first-order valence-corrected chi connectivity index (χ1v) is 19.4. The number of hydrogen-bond acceptors (Lipinski definition) is 6. The lowest BCUT2D eigenvalue weighted by atomic mass is 9.83. The number of aromatic amines is 2. The van der Waals surface area contributed by atoms with Gasteiger partial charge in [-0.05, 0) is 104 Å². The van der Waals surface area contributed by atoms with Gasteiger partial charge < -0.3 is 29.8 Å². The average molecular weight is 718 g/mol. The molecule has 11 heteroatoms. The molecule has 2 aliphatic carbocycles. The quantitative estimate of drug-likeness (QED) is 0.253. The highest BCUT2D eigenvalue weighted by molar-refractivity contribution is 5.86. The van der Waals surface area contributed by atoms with Crippen LogP contribution in [-0.2, 0) is 27.2 Å². The Morgan fingerprint density at radius 3 is 1.94 bits per heavy atom. The van der Waals surface area contributed by atoms with Gasteiger partial charge in [0.15, 0.2) is 0 Å². The number of ether oxygens (including phenoxy) is 1. The minimum Gasteiger partial charge on any atom is -0.453 e. The second kappa shape index (κ2) is 15.5. The molecule has 3 unspecified atom stereocenters. The molecule has 0 radical (unpaired) electrons. The van der Waals surface area contributed by atoms with Gasteiger partial charge in [-0.2, -0.15) is 0 Å². The summed E-state index contributed by atoms with van der Waals surface area (Å²) in [5.74, 6) is 15.5. The number of aromatic nitrogens is 4. The number of nitrogens with zero attached hydrogens (tertiary/aromatic N) is 4. The first kappa shape index (κ1) is 36.3. The Morgan fingerprint density at radius 2 is 1.42 bits per heavy atom. The van der Waals surface area contributed by atoms with Gasteiger partial charge in [0.05, 0.1) is 31.6 Å². The summed E-state index contributed by atoms with van der Waals surface area (Å²) in [6, 6.07) is 3.34. The maximum Gasteiger partial charge on any atom is 0.407 e. The number of methoxy groups -OCH3 is 1. The monoisotopic (exact) mass is 717 g/mol. The summed E-state index contributed by atoms with van der Waals surface area (Å²) in [6.07, 6.45) is 14.5. The van der Waals surface area contributed by atoms with Crippen LogP contribution in [0, 0.1) is 35.0 Å². The van der Waals surface area contributed by atoms with Crippen molar-refractivity contribution < 1.29 is 19.1 Å². The molecule has 4 aliphatic rings. The maximum absolute atomic E-state index is 13.4. The number of hydrogen-bond donors (Lipinski definition) is 3. The molecule has 3 atom stereocenters. The lowest BCUT2D eigenvalue weighted by molar-refractivity contribution is -0.134. The van der Waals surface area contributed by atoms with Crippen molar-refractivity contribution in [2.75, 3.05) is 20.2 Å². The van der Waals surface area contributed by atoms with Crippen molar-refractivity contribution in [2.24, 2.45) is 11.3 Å². The van der Waals surface area contributed by atoms with E-state index in [2.05, 4.69) is 74.9 Å². The van der Waals surface area contributed by atoms with Crippen LogP contribution in [-0.4, -0.2) is 73.9 Å². The van der Waals surface area contributed by atoms with E-state index in [1.807, 2.05) is 11.8 Å². The van der Waals surface area contributed by atoms with Crippen LogP contribution in [0.1, 0.15) is 142 Å². The van der Waals surface area contributed by atoms with Crippen LogP contribution in [0.4, 0.5) is 4.79 Å². The molecule has 2 aromatic heterocycles. The number of benzene rings is 1. The van der Waals surface area contributed by atoms with Crippen molar-refractivity contribution in [3.8, 4) is 23.7 Å². The van der Waals surface area contributed by atoms with Crippen molar-refractivity contribution in [3.05, 3.63) is 69.8 Å². The molecule has 3 aromatic rings. The molecule has 2 saturated heterocycles. The third-order valence-corrected chi connectivity index (χ3v) is 11.6. The molecule has 4 heterocycles. The highest BCUT2D eigenvalue weighted by atomic mass is 16.5. The molecule has 2 aliphatic heterocycles. The van der Waals surface area contributed by atoms with Gasteiger partial charge in [0.2, 0.25) is 11.8 Å². The van der Waals surface area contributed by atoms with E-state index in [1.165, 1.54) is 43.9 Å². The van der Waals surface area contributed by atoms with Gasteiger partial charge in [-0.15, -0.1) is 0 Å². The Kier molecular flexibility index (Phi) is 10.6. The Hall–Kier alpha value is -5.03. The van der Waals surface area contributed by atoms with Crippen LogP contribution in [0.25, 0.3) is 0 Å². The fraction of sp³-hybridized carbons (Fsp3) is 0.548. The van der Waals surface area contributed by atoms with Crippen molar-refractivity contribution in [1.82, 2.24) is 35.1 Å². The third kappa shape index (κ3) is 7.71. The number of alkyl carbamates (subject to hydrolysis) is 1. The summed E-state index contributed by atoms with van der Waals surface area (Å²) in [5, 5.41) is 2.66. The van der Waals surface area contributed by atoms with Gasteiger partial charge in [0.25, 0.3) is 0 Å². The fourth-order valence-corrected chi connectivity index (χ4v) is 8.90. The smallest absolute Gasteiger partial charge is 0.407 e. The topological polar surface area (TPSA) is 136 Å². The van der Waals surface area contributed by atoms with E-state index in [-0.39, 0.29) is 29.3 Å². The summed E-state index contributed by atoms with van der Waals surface area (Å²) in [7, 11) is 1.29. The van der Waals surface area contributed by atoms with E-state index >= 15 is 0 Å². The van der Waals surface area contributed by atoms with E-state index in [9.17, 15) is 14.4 Å². The first-order chi connectivity index (χ1) is 25.7. The van der Waals surface area contributed by atoms with E-state index < -0.39 is 12.1 Å². The second-order valence-corrected chi connectivity index (χ2v) is 15.7. The molecule has 0 bridgehead atoms. The van der Waals surface area contributed by atoms with Gasteiger partial charge >= 0.3 is 6.09 Å². The minimum atomic E-state index is -0.651. The number of amides is 3. The molecular formula is C42H51N7O4. The first-order valence-electron chi connectivity index (χ1n) is 19.4. The van der Waals surface area contributed by atoms with Crippen LogP contribution in [0.3, 0.4) is 0 Å². The predicted octanol–water partition coefficient (Wildman–Crippen LogP) is 6.10. The molecule has 3 amide bonds. The zero-order chi connectivity index (χ0) is 37.1. The summed E-state index contributed by atoms with van der Waals surface area (Å²) >= 11 is 0. The Balaban J connectivity index is 1.10. The van der Waals surface area contributed by atoms with Crippen LogP contribution < -0.4 is 5.32 Å². The van der Waals surface area contributed by atoms with Crippen molar-refractivity contribution in [2.45, 2.75) is 116 Å². The Bertz CT molecular complexity index is 1980. The van der Waals surface area contributed by atoms with Crippen molar-refractivity contribution in [1.29, 1.82) is 0 Å². The largest absolute Gasteiger partial charge is 0.453 e. The summed E-state index contributed by atoms with van der Waals surface area (Å²) in [5.41, 5.74) is 6.43. The van der Waals surface area contributed by atoms with Gasteiger partial charge in [-0.25, -0.2) is 14.8 Å². The molecule has 1 aromatic carbocycles. The van der Waals surface area contributed by atoms with Gasteiger partial charge in [0.1, 0.15) is 29.1 Å². The van der Waals surface area contributed by atoms with Crippen LogP contribution in [0.15, 0.2) is 24.5 Å². The highest BCUT2D eigenvalue weighted by Gasteiger charge is 2.41. The predicted molar refractivity (Wildman–Crippen MR) is 200 cm³/mol. The molecule has 7 rings (SSSR count). The number of carbonyl (C=O) groups excluding carboxylic acids is 3. The number of nitrogens with one attached hydrogen (secondary N) is 3. The van der Waals surface area contributed by atoms with Crippen molar-refractivity contribution >= 4 is 17.9 Å². The average Bonchev–Trinajstić information content (AvgIpc) is 4.00. The van der Waals surface area contributed by atoms with E-state index in [4.69, 9.17) is 4.74 Å². The number of likely N-dealkylation sites (tertiary alicyclic amines) is 2. The molecule has 3 N–H and O–H groups in total. The Morgan fingerprint density at radius 1 is 0.868 bits per heavy atom. The SMILES string of the molecule is CCC(NC(=O)OC)C(=O)N1CCCC1c1ncc(C#Cc2ccc(C#Cc3cnc(C4CCCN4C(=O)CC(C)C)[nH]3)c3c2CC2(CCCC2)C3)[nH]1. The summed E-state index contributed by atoms with van der Waals surface area (Å²) in [4.78, 5) is 58.0. The minimum absolute atomic E-state index is 0.0181. The van der Waals surface area contributed by atoms with E-state index in [1.54, 1.807) is 17.3 Å². The number of rotatable bonds is 7. The Labute approximate surface area is 312 Å². The summed E-state index contributed by atoms with van der Waals surface area (Å²) < 4.78 is 4.72. The van der Waals surface area contributed by atoms with Crippen LogP contribution >= 0.6 is 0 Å². The number of carbonyl (C=O) groups is 3.